The first-order valence-corrected chi connectivity index (χ1v) is 7.33. The van der Waals surface area contributed by atoms with Gasteiger partial charge in [-0.2, -0.15) is 0 Å². The Labute approximate surface area is 129 Å². The molecule has 0 heterocycles. The van der Waals surface area contributed by atoms with Crippen LogP contribution in [-0.4, -0.2) is 34.9 Å². The van der Waals surface area contributed by atoms with Crippen molar-refractivity contribution < 1.29 is 23.9 Å². The Balaban J connectivity index is 2.15. The summed E-state index contributed by atoms with van der Waals surface area (Å²) in [5, 5.41) is 20.6. The first-order valence-electron chi connectivity index (χ1n) is 6.53. The summed E-state index contributed by atoms with van der Waals surface area (Å²) in [6.07, 6.45) is -0.658. The molecule has 1 aliphatic carbocycles. The fourth-order valence-electron chi connectivity index (χ4n) is 2.06. The molecule has 21 heavy (non-hydrogen) atoms. The number of halogens is 2. The Kier molecular flexibility index (Phi) is 5.13. The molecule has 0 aromatic heterocycles. The molecule has 2 rings (SSSR count). The largest absolute Gasteiger partial charge is 0.480 e. The summed E-state index contributed by atoms with van der Waals surface area (Å²) >= 11 is 2.90. The molecule has 0 spiro atoms. The average molecular weight is 364 g/mol. The minimum atomic E-state index is -0.666. The maximum atomic E-state index is 13.5. The van der Waals surface area contributed by atoms with Gasteiger partial charge in [-0.3, -0.25) is 10.1 Å². The van der Waals surface area contributed by atoms with Gasteiger partial charge in [-0.1, -0.05) is 6.92 Å². The van der Waals surface area contributed by atoms with Gasteiger partial charge in [-0.05, 0) is 22.4 Å². The van der Waals surface area contributed by atoms with E-state index < -0.39 is 29.1 Å². The second-order valence-electron chi connectivity index (χ2n) is 4.79. The average Bonchev–Trinajstić information content (AvgIpc) is 2.42. The van der Waals surface area contributed by atoms with Gasteiger partial charge in [0.2, 0.25) is 0 Å². The fraction of sp³-hybridized carbons (Fsp3) is 0.538. The third-order valence-electron chi connectivity index (χ3n) is 3.21. The SMILES string of the molecule is CCCOC1C(O)CC1Oc1cc(F)c(Br)cc1[N+](=O)[O-]. The first-order chi connectivity index (χ1) is 9.93. The molecule has 6 nitrogen and oxygen atoms in total. The van der Waals surface area contributed by atoms with E-state index in [1.54, 1.807) is 0 Å². The van der Waals surface area contributed by atoms with Crippen LogP contribution in [0.25, 0.3) is 0 Å². The molecule has 0 radical (unpaired) electrons. The zero-order valence-electron chi connectivity index (χ0n) is 11.3. The number of rotatable bonds is 6. The van der Waals surface area contributed by atoms with Crippen molar-refractivity contribution in [1.29, 1.82) is 0 Å². The van der Waals surface area contributed by atoms with Crippen LogP contribution in [0, 0.1) is 15.9 Å². The van der Waals surface area contributed by atoms with Crippen LogP contribution in [0.2, 0.25) is 0 Å². The molecule has 1 N–H and O–H groups in total. The maximum absolute atomic E-state index is 13.5. The molecule has 3 atom stereocenters. The molecule has 0 saturated heterocycles. The number of aliphatic hydroxyl groups is 1. The first kappa shape index (κ1) is 16.1. The van der Waals surface area contributed by atoms with Crippen LogP contribution in [0.3, 0.4) is 0 Å². The Morgan fingerprint density at radius 3 is 2.86 bits per heavy atom. The summed E-state index contributed by atoms with van der Waals surface area (Å²) in [5.41, 5.74) is -0.334. The third kappa shape index (κ3) is 3.50. The molecule has 1 aromatic rings. The molecule has 0 bridgehead atoms. The highest BCUT2D eigenvalue weighted by molar-refractivity contribution is 9.10. The van der Waals surface area contributed by atoms with Crippen LogP contribution < -0.4 is 4.74 Å². The van der Waals surface area contributed by atoms with Crippen LogP contribution in [0.15, 0.2) is 16.6 Å². The predicted octanol–water partition coefficient (Wildman–Crippen LogP) is 2.80. The van der Waals surface area contributed by atoms with Crippen molar-refractivity contribution in [2.75, 3.05) is 6.61 Å². The van der Waals surface area contributed by atoms with E-state index in [4.69, 9.17) is 9.47 Å². The monoisotopic (exact) mass is 363 g/mol. The molecule has 3 unspecified atom stereocenters. The van der Waals surface area contributed by atoms with Crippen molar-refractivity contribution in [2.24, 2.45) is 0 Å². The maximum Gasteiger partial charge on any atom is 0.312 e. The number of benzene rings is 1. The third-order valence-corrected chi connectivity index (χ3v) is 3.82. The van der Waals surface area contributed by atoms with Gasteiger partial charge < -0.3 is 14.6 Å². The van der Waals surface area contributed by atoms with Crippen molar-refractivity contribution >= 4 is 21.6 Å². The van der Waals surface area contributed by atoms with E-state index in [1.807, 2.05) is 6.92 Å². The van der Waals surface area contributed by atoms with Crippen molar-refractivity contribution in [2.45, 2.75) is 38.1 Å². The van der Waals surface area contributed by atoms with Crippen LogP contribution in [0.4, 0.5) is 10.1 Å². The van der Waals surface area contributed by atoms with Gasteiger partial charge >= 0.3 is 5.69 Å². The molecule has 8 heteroatoms. The summed E-state index contributed by atoms with van der Waals surface area (Å²) < 4.78 is 24.4. The van der Waals surface area contributed by atoms with Gasteiger partial charge in [0.15, 0.2) is 5.75 Å². The molecule has 1 aliphatic rings. The van der Waals surface area contributed by atoms with Crippen LogP contribution in [0.1, 0.15) is 19.8 Å². The van der Waals surface area contributed by atoms with E-state index in [2.05, 4.69) is 15.9 Å². The molecule has 0 aliphatic heterocycles. The van der Waals surface area contributed by atoms with Gasteiger partial charge in [-0.15, -0.1) is 0 Å². The predicted molar refractivity (Wildman–Crippen MR) is 75.8 cm³/mol. The Morgan fingerprint density at radius 1 is 1.57 bits per heavy atom. The van der Waals surface area contributed by atoms with Crippen LogP contribution >= 0.6 is 15.9 Å². The lowest BCUT2D eigenvalue weighted by Gasteiger charge is -2.40. The lowest BCUT2D eigenvalue weighted by Crippen LogP contribution is -2.55. The van der Waals surface area contributed by atoms with E-state index in [0.29, 0.717) is 13.0 Å². The molecular formula is C13H15BrFNO5. The molecule has 1 aromatic carbocycles. The van der Waals surface area contributed by atoms with Gasteiger partial charge in [0, 0.05) is 25.2 Å². The lowest BCUT2D eigenvalue weighted by atomic mass is 9.88. The Hall–Kier alpha value is -1.25. The van der Waals surface area contributed by atoms with Crippen molar-refractivity contribution in [1.82, 2.24) is 0 Å². The van der Waals surface area contributed by atoms with Crippen molar-refractivity contribution in [3.63, 3.8) is 0 Å². The summed E-state index contributed by atoms with van der Waals surface area (Å²) in [5.74, 6) is -0.816. The topological polar surface area (TPSA) is 81.8 Å². The van der Waals surface area contributed by atoms with Crippen LogP contribution in [0.5, 0.6) is 5.75 Å². The highest BCUT2D eigenvalue weighted by atomic mass is 79.9. The van der Waals surface area contributed by atoms with E-state index in [-0.39, 0.29) is 15.9 Å². The fourth-order valence-corrected chi connectivity index (χ4v) is 2.40. The quantitative estimate of drug-likeness (QED) is 0.620. The molecular weight excluding hydrogens is 349 g/mol. The zero-order valence-corrected chi connectivity index (χ0v) is 12.9. The Bertz CT molecular complexity index is 542. The molecule has 0 amide bonds. The normalized spacial score (nSPS) is 24.5. The van der Waals surface area contributed by atoms with Gasteiger partial charge in [0.1, 0.15) is 18.0 Å². The molecule has 116 valence electrons. The lowest BCUT2D eigenvalue weighted by molar-refractivity contribution is -0.386. The molecule has 1 fully saturated rings. The van der Waals surface area contributed by atoms with E-state index >= 15 is 0 Å². The molecule has 1 saturated carbocycles. The standard InChI is InChI=1S/C13H15BrFNO5/c1-2-3-20-13-10(17)6-12(13)21-11-5-8(15)7(14)4-9(11)16(18)19/h4-5,10,12-13,17H,2-3,6H2,1H3. The van der Waals surface area contributed by atoms with E-state index in [0.717, 1.165) is 18.6 Å². The highest BCUT2D eigenvalue weighted by Gasteiger charge is 2.43. The van der Waals surface area contributed by atoms with Crippen molar-refractivity contribution in [3.05, 3.63) is 32.5 Å². The second-order valence-corrected chi connectivity index (χ2v) is 5.64. The second kappa shape index (κ2) is 6.67. The minimum Gasteiger partial charge on any atom is -0.480 e. The Morgan fingerprint density at radius 2 is 2.29 bits per heavy atom. The number of nitrogens with zero attached hydrogens (tertiary/aromatic N) is 1. The number of nitro benzene ring substituents is 1. The van der Waals surface area contributed by atoms with Gasteiger partial charge in [0.25, 0.3) is 0 Å². The zero-order chi connectivity index (χ0) is 15.6. The van der Waals surface area contributed by atoms with Crippen molar-refractivity contribution in [3.8, 4) is 5.75 Å². The number of ether oxygens (including phenoxy) is 2. The number of nitro groups is 1. The smallest absolute Gasteiger partial charge is 0.312 e. The van der Waals surface area contributed by atoms with Gasteiger partial charge in [-0.25, -0.2) is 4.39 Å². The van der Waals surface area contributed by atoms with Gasteiger partial charge in [0.05, 0.1) is 15.5 Å². The number of hydrogen-bond donors (Lipinski definition) is 1. The van der Waals surface area contributed by atoms with E-state index in [9.17, 15) is 19.6 Å². The highest BCUT2D eigenvalue weighted by Crippen LogP contribution is 2.36. The summed E-state index contributed by atoms with van der Waals surface area (Å²) in [7, 11) is 0. The number of aliphatic hydroxyl groups excluding tert-OH is 1. The van der Waals surface area contributed by atoms with Crippen LogP contribution in [-0.2, 0) is 4.74 Å². The summed E-state index contributed by atoms with van der Waals surface area (Å²) in [4.78, 5) is 10.4. The summed E-state index contributed by atoms with van der Waals surface area (Å²) in [6, 6.07) is 2.02. The summed E-state index contributed by atoms with van der Waals surface area (Å²) in [6.45, 7) is 2.38. The number of hydrogen-bond acceptors (Lipinski definition) is 5. The van der Waals surface area contributed by atoms with E-state index in [1.165, 1.54) is 0 Å². The minimum absolute atomic E-state index is 0.00558.